The van der Waals surface area contributed by atoms with E-state index < -0.39 is 10.8 Å². The number of nitrogens with two attached hydrogens (primary N) is 1. The maximum Gasteiger partial charge on any atom is 0.251 e. The molecule has 1 rings (SSSR count). The number of nitrogen functional groups attached to an aromatic ring is 1. The lowest BCUT2D eigenvalue weighted by atomic mass is 10.1. The minimum absolute atomic E-state index is 0.197. The summed E-state index contributed by atoms with van der Waals surface area (Å²) in [4.78, 5) is 13.7. The molecule has 1 aromatic carbocycles. The van der Waals surface area contributed by atoms with Crippen LogP contribution in [0.25, 0.3) is 0 Å². The first-order valence-corrected chi connectivity index (χ1v) is 7.29. The van der Waals surface area contributed by atoms with Crippen molar-refractivity contribution in [1.82, 2.24) is 5.32 Å². The van der Waals surface area contributed by atoms with E-state index in [-0.39, 0.29) is 5.91 Å². The molecule has 1 unspecified atom stereocenters. The van der Waals surface area contributed by atoms with Crippen LogP contribution in [0.2, 0.25) is 0 Å². The van der Waals surface area contributed by atoms with E-state index >= 15 is 0 Å². The standard InChI is InChI=1S/C12H19N3O2S/c1-15(2)11-5-4-9(8-10(11)13)12(16)14-6-7-18(3)17/h4-5,8H,6-7,13H2,1-3H3,(H,14,16). The molecule has 3 N–H and O–H groups in total. The first-order valence-electron chi connectivity index (χ1n) is 5.57. The lowest BCUT2D eigenvalue weighted by Crippen LogP contribution is -2.27. The number of nitrogens with zero attached hydrogens (tertiary/aromatic N) is 1. The molecule has 0 aliphatic rings. The van der Waals surface area contributed by atoms with E-state index in [1.165, 1.54) is 0 Å². The highest BCUT2D eigenvalue weighted by Crippen LogP contribution is 2.22. The van der Waals surface area contributed by atoms with E-state index in [1.807, 2.05) is 25.1 Å². The van der Waals surface area contributed by atoms with E-state index in [4.69, 9.17) is 5.73 Å². The monoisotopic (exact) mass is 269 g/mol. The summed E-state index contributed by atoms with van der Waals surface area (Å²) in [6, 6.07) is 5.18. The zero-order valence-electron chi connectivity index (χ0n) is 10.9. The van der Waals surface area contributed by atoms with Crippen LogP contribution in [-0.2, 0) is 10.8 Å². The number of amides is 1. The third kappa shape index (κ3) is 4.03. The van der Waals surface area contributed by atoms with Crippen LogP contribution in [-0.4, -0.2) is 42.8 Å². The SMILES string of the molecule is CN(C)c1ccc(C(=O)NCCS(C)=O)cc1N. The Labute approximate surface area is 110 Å². The molecule has 0 bridgehead atoms. The van der Waals surface area contributed by atoms with Gasteiger partial charge >= 0.3 is 0 Å². The van der Waals surface area contributed by atoms with Gasteiger partial charge in [0.05, 0.1) is 11.4 Å². The highest BCUT2D eigenvalue weighted by Gasteiger charge is 2.08. The first kappa shape index (κ1) is 14.5. The van der Waals surface area contributed by atoms with Gasteiger partial charge in [-0.25, -0.2) is 0 Å². The van der Waals surface area contributed by atoms with Crippen LogP contribution < -0.4 is 16.0 Å². The molecule has 6 heteroatoms. The maximum atomic E-state index is 11.8. The number of hydrogen-bond donors (Lipinski definition) is 2. The summed E-state index contributed by atoms with van der Waals surface area (Å²) in [7, 11) is 2.88. The van der Waals surface area contributed by atoms with Crippen molar-refractivity contribution in [1.29, 1.82) is 0 Å². The van der Waals surface area contributed by atoms with Gasteiger partial charge in [0.15, 0.2) is 0 Å². The first-order chi connectivity index (χ1) is 8.41. The Balaban J connectivity index is 2.69. The van der Waals surface area contributed by atoms with Gasteiger partial charge < -0.3 is 16.0 Å². The smallest absolute Gasteiger partial charge is 0.251 e. The Bertz CT molecular complexity index is 461. The van der Waals surface area contributed by atoms with Gasteiger partial charge in [-0.05, 0) is 18.2 Å². The van der Waals surface area contributed by atoms with Crippen LogP contribution in [0.15, 0.2) is 18.2 Å². The van der Waals surface area contributed by atoms with Crippen LogP contribution in [0, 0.1) is 0 Å². The average molecular weight is 269 g/mol. The van der Waals surface area contributed by atoms with Gasteiger partial charge in [0.1, 0.15) is 0 Å². The number of nitrogens with one attached hydrogen (secondary N) is 1. The summed E-state index contributed by atoms with van der Waals surface area (Å²) >= 11 is 0. The van der Waals surface area contributed by atoms with Crippen LogP contribution in [0.1, 0.15) is 10.4 Å². The van der Waals surface area contributed by atoms with E-state index in [0.717, 1.165) is 5.69 Å². The van der Waals surface area contributed by atoms with Crippen molar-refractivity contribution in [3.63, 3.8) is 0 Å². The van der Waals surface area contributed by atoms with Gasteiger partial charge in [-0.3, -0.25) is 9.00 Å². The molecule has 0 aliphatic carbocycles. The molecule has 0 saturated carbocycles. The van der Waals surface area contributed by atoms with E-state index in [9.17, 15) is 9.00 Å². The predicted octanol–water partition coefficient (Wildman–Crippen LogP) is 0.443. The Morgan fingerprint density at radius 3 is 2.61 bits per heavy atom. The van der Waals surface area contributed by atoms with Crippen LogP contribution >= 0.6 is 0 Å². The molecule has 0 radical (unpaired) electrons. The number of anilines is 2. The highest BCUT2D eigenvalue weighted by atomic mass is 32.2. The summed E-state index contributed by atoms with van der Waals surface area (Å²) in [6.45, 7) is 0.400. The van der Waals surface area contributed by atoms with Gasteiger partial charge in [0.25, 0.3) is 5.91 Å². The molecule has 0 spiro atoms. The fourth-order valence-corrected chi connectivity index (χ4v) is 1.90. The molecule has 0 heterocycles. The molecule has 0 aromatic heterocycles. The third-order valence-corrected chi connectivity index (χ3v) is 3.23. The number of benzene rings is 1. The highest BCUT2D eigenvalue weighted by molar-refractivity contribution is 7.84. The topological polar surface area (TPSA) is 75.4 Å². The second-order valence-corrected chi connectivity index (χ2v) is 5.76. The Morgan fingerprint density at radius 2 is 2.11 bits per heavy atom. The number of rotatable bonds is 5. The third-order valence-electron chi connectivity index (χ3n) is 2.45. The van der Waals surface area contributed by atoms with Crippen molar-refractivity contribution < 1.29 is 9.00 Å². The molecule has 1 atom stereocenters. The molecule has 0 aliphatic heterocycles. The summed E-state index contributed by atoms with van der Waals surface area (Å²) in [5, 5.41) is 2.71. The fourth-order valence-electron chi connectivity index (χ4n) is 1.51. The fraction of sp³-hybridized carbons (Fsp3) is 0.417. The summed E-state index contributed by atoms with van der Waals surface area (Å²) < 4.78 is 10.9. The molecular formula is C12H19N3O2S. The maximum absolute atomic E-state index is 11.8. The number of carbonyl (C=O) groups excluding carboxylic acids is 1. The molecule has 100 valence electrons. The summed E-state index contributed by atoms with van der Waals surface area (Å²) in [5.41, 5.74) is 7.82. The lowest BCUT2D eigenvalue weighted by molar-refractivity contribution is 0.0956. The van der Waals surface area contributed by atoms with Crippen LogP contribution in [0.5, 0.6) is 0 Å². The largest absolute Gasteiger partial charge is 0.397 e. The zero-order chi connectivity index (χ0) is 13.7. The predicted molar refractivity (Wildman–Crippen MR) is 76.4 cm³/mol. The molecule has 1 amide bonds. The van der Waals surface area contributed by atoms with E-state index in [2.05, 4.69) is 5.32 Å². The van der Waals surface area contributed by atoms with E-state index in [0.29, 0.717) is 23.5 Å². The van der Waals surface area contributed by atoms with Crippen LogP contribution in [0.4, 0.5) is 11.4 Å². The Morgan fingerprint density at radius 1 is 1.44 bits per heavy atom. The normalized spacial score (nSPS) is 11.9. The molecule has 0 fully saturated rings. The lowest BCUT2D eigenvalue weighted by Gasteiger charge is -2.15. The average Bonchev–Trinajstić information content (AvgIpc) is 2.27. The molecule has 5 nitrogen and oxygen atoms in total. The van der Waals surface area contributed by atoms with Crippen molar-refractivity contribution >= 4 is 28.1 Å². The van der Waals surface area contributed by atoms with Gasteiger partial charge in [-0.2, -0.15) is 0 Å². The Kier molecular flexibility index (Phi) is 5.15. The van der Waals surface area contributed by atoms with E-state index in [1.54, 1.807) is 18.4 Å². The number of hydrogen-bond acceptors (Lipinski definition) is 4. The van der Waals surface area contributed by atoms with Crippen molar-refractivity contribution in [3.8, 4) is 0 Å². The van der Waals surface area contributed by atoms with Crippen molar-refractivity contribution in [2.24, 2.45) is 0 Å². The molecular weight excluding hydrogens is 250 g/mol. The Hall–Kier alpha value is -1.56. The molecule has 18 heavy (non-hydrogen) atoms. The quantitative estimate of drug-likeness (QED) is 0.761. The van der Waals surface area contributed by atoms with Gasteiger partial charge in [-0.1, -0.05) is 0 Å². The molecule has 0 saturated heterocycles. The van der Waals surface area contributed by atoms with Gasteiger partial charge in [-0.15, -0.1) is 0 Å². The van der Waals surface area contributed by atoms with Gasteiger partial charge in [0, 0.05) is 49.0 Å². The minimum Gasteiger partial charge on any atom is -0.397 e. The summed E-state index contributed by atoms with van der Waals surface area (Å²) in [6.07, 6.45) is 1.61. The van der Waals surface area contributed by atoms with Gasteiger partial charge in [0.2, 0.25) is 0 Å². The van der Waals surface area contributed by atoms with Crippen molar-refractivity contribution in [2.45, 2.75) is 0 Å². The number of carbonyl (C=O) groups is 1. The minimum atomic E-state index is -0.899. The second kappa shape index (κ2) is 6.39. The summed E-state index contributed by atoms with van der Waals surface area (Å²) in [5.74, 6) is 0.259. The van der Waals surface area contributed by atoms with Crippen molar-refractivity contribution in [3.05, 3.63) is 23.8 Å². The second-order valence-electron chi connectivity index (χ2n) is 4.20. The molecule has 1 aromatic rings. The van der Waals surface area contributed by atoms with Crippen molar-refractivity contribution in [2.75, 3.05) is 43.3 Å². The zero-order valence-corrected chi connectivity index (χ0v) is 11.7. The van der Waals surface area contributed by atoms with Crippen LogP contribution in [0.3, 0.4) is 0 Å².